The molecule has 0 aliphatic carbocycles. The average molecular weight is 332 g/mol. The Morgan fingerprint density at radius 3 is 2.35 bits per heavy atom. The third-order valence-corrected chi connectivity index (χ3v) is 5.35. The second kappa shape index (κ2) is 4.99. The molecular weight excluding hydrogens is 316 g/mol. The van der Waals surface area contributed by atoms with Crippen LogP contribution < -0.4 is 0 Å². The first kappa shape index (κ1) is 13.7. The molecule has 122 valence electrons. The van der Waals surface area contributed by atoms with Crippen LogP contribution in [-0.4, -0.2) is 9.55 Å². The Morgan fingerprint density at radius 1 is 0.577 bits per heavy atom. The van der Waals surface area contributed by atoms with Crippen molar-refractivity contribution in [2.24, 2.45) is 0 Å². The van der Waals surface area contributed by atoms with Crippen LogP contribution in [0.25, 0.3) is 49.2 Å². The Hall–Kier alpha value is -3.52. The molecule has 0 amide bonds. The normalized spacial score (nSPS) is 11.8. The third kappa shape index (κ3) is 1.81. The lowest BCUT2D eigenvalue weighted by molar-refractivity contribution is 1.13. The predicted octanol–water partition coefficient (Wildman–Crippen LogP) is 6.42. The van der Waals surface area contributed by atoms with Crippen molar-refractivity contribution in [1.82, 2.24) is 9.55 Å². The molecule has 0 saturated carbocycles. The summed E-state index contributed by atoms with van der Waals surface area (Å²) in [6.07, 6.45) is 2.17. The van der Waals surface area contributed by atoms with E-state index in [1.165, 1.54) is 49.2 Å². The van der Waals surface area contributed by atoms with E-state index in [1.54, 1.807) is 0 Å². The first-order valence-electron chi connectivity index (χ1n) is 8.88. The topological polar surface area (TPSA) is 20.7 Å². The quantitative estimate of drug-likeness (QED) is 0.359. The number of nitrogens with one attached hydrogen (secondary N) is 1. The molecule has 6 rings (SSSR count). The number of hydrogen-bond donors (Lipinski definition) is 1. The summed E-state index contributed by atoms with van der Waals surface area (Å²) in [5, 5.41) is 6.42. The number of para-hydroxylation sites is 2. The van der Waals surface area contributed by atoms with Gasteiger partial charge in [0.15, 0.2) is 0 Å². The van der Waals surface area contributed by atoms with Crippen LogP contribution in [0.4, 0.5) is 0 Å². The summed E-state index contributed by atoms with van der Waals surface area (Å²) in [4.78, 5) is 3.54. The maximum absolute atomic E-state index is 3.54. The van der Waals surface area contributed by atoms with Crippen LogP contribution in [0.15, 0.2) is 91.1 Å². The first-order valence-corrected chi connectivity index (χ1v) is 8.88. The number of aromatic nitrogens is 2. The molecule has 0 atom stereocenters. The smallest absolute Gasteiger partial charge is 0.0534 e. The predicted molar refractivity (Wildman–Crippen MR) is 110 cm³/mol. The molecule has 0 aliphatic heterocycles. The van der Waals surface area contributed by atoms with Crippen molar-refractivity contribution in [2.45, 2.75) is 0 Å². The van der Waals surface area contributed by atoms with Gasteiger partial charge in [0.1, 0.15) is 0 Å². The van der Waals surface area contributed by atoms with E-state index in [-0.39, 0.29) is 0 Å². The van der Waals surface area contributed by atoms with Crippen molar-refractivity contribution in [2.75, 3.05) is 0 Å². The lowest BCUT2D eigenvalue weighted by Crippen LogP contribution is -1.90. The molecule has 26 heavy (non-hydrogen) atoms. The zero-order valence-electron chi connectivity index (χ0n) is 14.1. The van der Waals surface area contributed by atoms with Gasteiger partial charge in [0.2, 0.25) is 0 Å². The van der Waals surface area contributed by atoms with Gasteiger partial charge in [0.25, 0.3) is 0 Å². The number of benzene rings is 4. The zero-order chi connectivity index (χ0) is 17.1. The minimum atomic E-state index is 1.19. The van der Waals surface area contributed by atoms with Crippen LogP contribution in [0, 0.1) is 0 Å². The molecule has 0 aliphatic rings. The Bertz CT molecular complexity index is 1420. The minimum absolute atomic E-state index is 1.19. The summed E-state index contributed by atoms with van der Waals surface area (Å²) >= 11 is 0. The second-order valence-electron chi connectivity index (χ2n) is 6.81. The lowest BCUT2D eigenvalue weighted by atomic mass is 10.0. The van der Waals surface area contributed by atoms with E-state index >= 15 is 0 Å². The molecule has 0 spiro atoms. The van der Waals surface area contributed by atoms with Crippen LogP contribution in [0.1, 0.15) is 0 Å². The SMILES string of the molecule is c1ccc(-n2ccc3c4cc5c(cc4ccc32)[nH]c2ccccc25)cc1. The van der Waals surface area contributed by atoms with Gasteiger partial charge in [0.05, 0.1) is 5.52 Å². The van der Waals surface area contributed by atoms with E-state index in [1.807, 2.05) is 0 Å². The highest BCUT2D eigenvalue weighted by Gasteiger charge is 2.10. The molecule has 0 bridgehead atoms. The van der Waals surface area contributed by atoms with Crippen molar-refractivity contribution in [3.63, 3.8) is 0 Å². The van der Waals surface area contributed by atoms with Gasteiger partial charge in [-0.3, -0.25) is 0 Å². The summed E-state index contributed by atoms with van der Waals surface area (Å²) in [5.41, 5.74) is 4.81. The minimum Gasteiger partial charge on any atom is -0.354 e. The molecule has 2 heteroatoms. The highest BCUT2D eigenvalue weighted by Crippen LogP contribution is 2.34. The highest BCUT2D eigenvalue weighted by atomic mass is 15.0. The molecule has 0 unspecified atom stereocenters. The largest absolute Gasteiger partial charge is 0.354 e. The lowest BCUT2D eigenvalue weighted by Gasteiger charge is -2.07. The number of aromatic amines is 1. The Morgan fingerprint density at radius 2 is 1.42 bits per heavy atom. The number of nitrogens with zero attached hydrogens (tertiary/aromatic N) is 1. The standard InChI is InChI=1S/C24H16N2/c1-2-6-17(7-3-1)26-13-12-19-20-15-21-18-8-4-5-9-22(18)25-23(21)14-16(20)10-11-24(19)26/h1-15,25H. The van der Waals surface area contributed by atoms with Gasteiger partial charge in [-0.2, -0.15) is 0 Å². The van der Waals surface area contributed by atoms with Gasteiger partial charge in [-0.1, -0.05) is 42.5 Å². The molecule has 2 heterocycles. The summed E-state index contributed by atoms with van der Waals surface area (Å²) in [6, 6.07) is 30.3. The van der Waals surface area contributed by atoms with E-state index in [9.17, 15) is 0 Å². The van der Waals surface area contributed by atoms with E-state index in [0.29, 0.717) is 0 Å². The molecule has 1 N–H and O–H groups in total. The number of H-pyrrole nitrogens is 1. The summed E-state index contributed by atoms with van der Waals surface area (Å²) in [5.74, 6) is 0. The Balaban J connectivity index is 1.72. The fourth-order valence-electron chi connectivity index (χ4n) is 4.11. The Labute approximate surface area is 150 Å². The number of fused-ring (bicyclic) bond motifs is 6. The maximum atomic E-state index is 3.54. The van der Waals surface area contributed by atoms with Gasteiger partial charge >= 0.3 is 0 Å². The van der Waals surface area contributed by atoms with Crippen LogP contribution in [-0.2, 0) is 0 Å². The van der Waals surface area contributed by atoms with Gasteiger partial charge in [0, 0.05) is 39.1 Å². The molecule has 0 radical (unpaired) electrons. The van der Waals surface area contributed by atoms with Crippen LogP contribution in [0.3, 0.4) is 0 Å². The van der Waals surface area contributed by atoms with E-state index in [4.69, 9.17) is 0 Å². The van der Waals surface area contributed by atoms with Crippen LogP contribution in [0.5, 0.6) is 0 Å². The third-order valence-electron chi connectivity index (χ3n) is 5.35. The van der Waals surface area contributed by atoms with E-state index < -0.39 is 0 Å². The molecule has 2 aromatic heterocycles. The van der Waals surface area contributed by atoms with E-state index in [0.717, 1.165) is 0 Å². The second-order valence-corrected chi connectivity index (χ2v) is 6.81. The molecule has 0 saturated heterocycles. The van der Waals surface area contributed by atoms with Crippen molar-refractivity contribution >= 4 is 43.5 Å². The van der Waals surface area contributed by atoms with E-state index in [2.05, 4.69) is 101 Å². The Kier molecular flexibility index (Phi) is 2.64. The van der Waals surface area contributed by atoms with Crippen molar-refractivity contribution in [3.8, 4) is 5.69 Å². The van der Waals surface area contributed by atoms with Crippen LogP contribution >= 0.6 is 0 Å². The summed E-state index contributed by atoms with van der Waals surface area (Å²) < 4.78 is 2.26. The summed E-state index contributed by atoms with van der Waals surface area (Å²) in [6.45, 7) is 0. The monoisotopic (exact) mass is 332 g/mol. The zero-order valence-corrected chi connectivity index (χ0v) is 14.1. The van der Waals surface area contributed by atoms with Gasteiger partial charge in [-0.25, -0.2) is 0 Å². The molecule has 6 aromatic rings. The molecule has 4 aromatic carbocycles. The molecule has 0 fully saturated rings. The van der Waals surface area contributed by atoms with Crippen LogP contribution in [0.2, 0.25) is 0 Å². The molecular formula is C24H16N2. The van der Waals surface area contributed by atoms with Crippen molar-refractivity contribution < 1.29 is 0 Å². The first-order chi connectivity index (χ1) is 12.9. The fourth-order valence-corrected chi connectivity index (χ4v) is 4.11. The maximum Gasteiger partial charge on any atom is 0.0534 e. The fraction of sp³-hybridized carbons (Fsp3) is 0. The average Bonchev–Trinajstić information content (AvgIpc) is 3.28. The van der Waals surface area contributed by atoms with Gasteiger partial charge in [-0.15, -0.1) is 0 Å². The highest BCUT2D eigenvalue weighted by molar-refractivity contribution is 6.17. The summed E-state index contributed by atoms with van der Waals surface area (Å²) in [7, 11) is 0. The number of hydrogen-bond acceptors (Lipinski definition) is 0. The van der Waals surface area contributed by atoms with Gasteiger partial charge in [-0.05, 0) is 53.2 Å². The van der Waals surface area contributed by atoms with Crippen molar-refractivity contribution in [3.05, 3.63) is 91.1 Å². The van der Waals surface area contributed by atoms with Crippen molar-refractivity contribution in [1.29, 1.82) is 0 Å². The number of rotatable bonds is 1. The van der Waals surface area contributed by atoms with Gasteiger partial charge < -0.3 is 9.55 Å². The molecule has 2 nitrogen and oxygen atoms in total.